The summed E-state index contributed by atoms with van der Waals surface area (Å²) in [5.74, 6) is 0. The van der Waals surface area contributed by atoms with Crippen molar-refractivity contribution in [3.05, 3.63) is 35.9 Å². The van der Waals surface area contributed by atoms with Gasteiger partial charge in [0, 0.05) is 6.04 Å². The number of nitrogens with one attached hydrogen (secondary N) is 1. The second-order valence-corrected chi connectivity index (χ2v) is 4.10. The third-order valence-electron chi connectivity index (χ3n) is 2.90. The van der Waals surface area contributed by atoms with E-state index >= 15 is 0 Å². The summed E-state index contributed by atoms with van der Waals surface area (Å²) in [6.45, 7) is 2.26. The van der Waals surface area contributed by atoms with Crippen LogP contribution in [0.4, 0.5) is 0 Å². The van der Waals surface area contributed by atoms with Crippen molar-refractivity contribution in [1.82, 2.24) is 5.32 Å². The summed E-state index contributed by atoms with van der Waals surface area (Å²) in [6, 6.07) is 11.3. The molecule has 0 aliphatic rings. The van der Waals surface area contributed by atoms with Gasteiger partial charge in [0.05, 0.1) is 0 Å². The zero-order valence-corrected chi connectivity index (χ0v) is 10.00. The van der Waals surface area contributed by atoms with Gasteiger partial charge in [-0.1, -0.05) is 62.9 Å². The fourth-order valence-corrected chi connectivity index (χ4v) is 1.94. The smallest absolute Gasteiger partial charge is 0.0317 e. The van der Waals surface area contributed by atoms with Crippen LogP contribution >= 0.6 is 0 Å². The van der Waals surface area contributed by atoms with Crippen molar-refractivity contribution in [3.8, 4) is 0 Å². The Hall–Kier alpha value is -0.820. The molecule has 0 aliphatic carbocycles. The quantitative estimate of drug-likeness (QED) is 0.665. The molecule has 0 saturated carbocycles. The van der Waals surface area contributed by atoms with E-state index in [-0.39, 0.29) is 0 Å². The summed E-state index contributed by atoms with van der Waals surface area (Å²) < 4.78 is 0. The molecular formula is C14H23N. The van der Waals surface area contributed by atoms with Crippen molar-refractivity contribution < 1.29 is 0 Å². The molecule has 0 saturated heterocycles. The molecule has 0 radical (unpaired) electrons. The van der Waals surface area contributed by atoms with Gasteiger partial charge in [0.25, 0.3) is 0 Å². The Morgan fingerprint density at radius 1 is 1.07 bits per heavy atom. The van der Waals surface area contributed by atoms with Crippen LogP contribution < -0.4 is 5.32 Å². The second kappa shape index (κ2) is 7.47. The molecule has 0 spiro atoms. The fraction of sp³-hybridized carbons (Fsp3) is 0.571. The summed E-state index contributed by atoms with van der Waals surface area (Å²) in [5, 5.41) is 3.40. The van der Waals surface area contributed by atoms with Crippen molar-refractivity contribution >= 4 is 0 Å². The monoisotopic (exact) mass is 205 g/mol. The Bertz CT molecular complexity index is 243. The highest BCUT2D eigenvalue weighted by Crippen LogP contribution is 2.19. The molecule has 1 heteroatoms. The minimum atomic E-state index is 0.531. The van der Waals surface area contributed by atoms with Crippen molar-refractivity contribution in [2.24, 2.45) is 0 Å². The predicted octanol–water partition coefficient (Wildman–Crippen LogP) is 3.92. The van der Waals surface area contributed by atoms with Gasteiger partial charge in [-0.3, -0.25) is 0 Å². The number of unbranched alkanes of at least 4 members (excludes halogenated alkanes) is 3. The van der Waals surface area contributed by atoms with E-state index in [0.717, 1.165) is 0 Å². The van der Waals surface area contributed by atoms with Crippen LogP contribution in [0.5, 0.6) is 0 Å². The SMILES string of the molecule is CCCCCC[C@@H](NC)c1ccccc1. The van der Waals surface area contributed by atoms with Crippen LogP contribution in [0.25, 0.3) is 0 Å². The third kappa shape index (κ3) is 4.48. The van der Waals surface area contributed by atoms with Gasteiger partial charge >= 0.3 is 0 Å². The summed E-state index contributed by atoms with van der Waals surface area (Å²) in [4.78, 5) is 0. The molecule has 0 aromatic heterocycles. The molecule has 0 aliphatic heterocycles. The van der Waals surface area contributed by atoms with Crippen LogP contribution in [0, 0.1) is 0 Å². The van der Waals surface area contributed by atoms with E-state index in [2.05, 4.69) is 49.6 Å². The molecule has 0 heterocycles. The molecule has 1 aromatic rings. The van der Waals surface area contributed by atoms with Crippen LogP contribution in [0.1, 0.15) is 50.6 Å². The number of hydrogen-bond acceptors (Lipinski definition) is 1. The summed E-state index contributed by atoms with van der Waals surface area (Å²) in [5.41, 5.74) is 1.41. The Labute approximate surface area is 93.9 Å². The molecule has 1 rings (SSSR count). The van der Waals surface area contributed by atoms with Gasteiger partial charge in [-0.25, -0.2) is 0 Å². The molecular weight excluding hydrogens is 182 g/mol. The Morgan fingerprint density at radius 3 is 2.40 bits per heavy atom. The van der Waals surface area contributed by atoms with Gasteiger partial charge in [0.15, 0.2) is 0 Å². The predicted molar refractivity (Wildman–Crippen MR) is 67.0 cm³/mol. The molecule has 0 amide bonds. The molecule has 84 valence electrons. The van der Waals surface area contributed by atoms with Gasteiger partial charge in [0.2, 0.25) is 0 Å². The number of rotatable bonds is 7. The summed E-state index contributed by atoms with van der Waals surface area (Å²) in [7, 11) is 2.05. The first-order chi connectivity index (χ1) is 7.38. The molecule has 1 aromatic carbocycles. The standard InChI is InChI=1S/C14H23N/c1-3-4-5-9-12-14(15-2)13-10-7-6-8-11-13/h6-8,10-11,14-15H,3-5,9,12H2,1-2H3/t14-/m1/s1. The molecule has 0 unspecified atom stereocenters. The van der Waals surface area contributed by atoms with Gasteiger partial charge in [0.1, 0.15) is 0 Å². The van der Waals surface area contributed by atoms with Gasteiger partial charge in [-0.15, -0.1) is 0 Å². The highest BCUT2D eigenvalue weighted by molar-refractivity contribution is 5.18. The number of benzene rings is 1. The van der Waals surface area contributed by atoms with Crippen LogP contribution in [0.3, 0.4) is 0 Å². The minimum Gasteiger partial charge on any atom is -0.313 e. The first-order valence-electron chi connectivity index (χ1n) is 6.10. The van der Waals surface area contributed by atoms with Crippen LogP contribution in [0.15, 0.2) is 30.3 Å². The Kier molecular flexibility index (Phi) is 6.10. The van der Waals surface area contributed by atoms with E-state index in [1.165, 1.54) is 37.7 Å². The molecule has 0 fully saturated rings. The molecule has 15 heavy (non-hydrogen) atoms. The number of hydrogen-bond donors (Lipinski definition) is 1. The lowest BCUT2D eigenvalue weighted by Crippen LogP contribution is -2.16. The minimum absolute atomic E-state index is 0.531. The largest absolute Gasteiger partial charge is 0.313 e. The van der Waals surface area contributed by atoms with E-state index in [9.17, 15) is 0 Å². The van der Waals surface area contributed by atoms with E-state index in [0.29, 0.717) is 6.04 Å². The first kappa shape index (κ1) is 12.3. The zero-order valence-electron chi connectivity index (χ0n) is 10.00. The maximum absolute atomic E-state index is 3.40. The lowest BCUT2D eigenvalue weighted by Gasteiger charge is -2.16. The van der Waals surface area contributed by atoms with Crippen molar-refractivity contribution in [2.45, 2.75) is 45.1 Å². The van der Waals surface area contributed by atoms with Crippen molar-refractivity contribution in [1.29, 1.82) is 0 Å². The van der Waals surface area contributed by atoms with Crippen molar-refractivity contribution in [3.63, 3.8) is 0 Å². The Balaban J connectivity index is 2.36. The van der Waals surface area contributed by atoms with Crippen LogP contribution in [-0.2, 0) is 0 Å². The van der Waals surface area contributed by atoms with Gasteiger partial charge in [-0.2, -0.15) is 0 Å². The van der Waals surface area contributed by atoms with Crippen LogP contribution in [0.2, 0.25) is 0 Å². The lowest BCUT2D eigenvalue weighted by atomic mass is 10.0. The van der Waals surface area contributed by atoms with E-state index in [4.69, 9.17) is 0 Å². The lowest BCUT2D eigenvalue weighted by molar-refractivity contribution is 0.505. The maximum atomic E-state index is 3.40. The highest BCUT2D eigenvalue weighted by Gasteiger charge is 2.07. The first-order valence-corrected chi connectivity index (χ1v) is 6.10. The summed E-state index contributed by atoms with van der Waals surface area (Å²) >= 11 is 0. The Morgan fingerprint density at radius 2 is 1.80 bits per heavy atom. The van der Waals surface area contributed by atoms with Gasteiger partial charge in [-0.05, 0) is 19.0 Å². The maximum Gasteiger partial charge on any atom is 0.0317 e. The van der Waals surface area contributed by atoms with E-state index in [1.54, 1.807) is 0 Å². The second-order valence-electron chi connectivity index (χ2n) is 4.10. The van der Waals surface area contributed by atoms with Gasteiger partial charge < -0.3 is 5.32 Å². The van der Waals surface area contributed by atoms with Crippen LogP contribution in [-0.4, -0.2) is 7.05 Å². The topological polar surface area (TPSA) is 12.0 Å². The average Bonchev–Trinajstić information content (AvgIpc) is 2.30. The summed E-state index contributed by atoms with van der Waals surface area (Å²) in [6.07, 6.45) is 6.62. The molecule has 0 bridgehead atoms. The zero-order chi connectivity index (χ0) is 10.9. The molecule has 1 atom stereocenters. The van der Waals surface area contributed by atoms with E-state index in [1.807, 2.05) is 0 Å². The van der Waals surface area contributed by atoms with Crippen molar-refractivity contribution in [2.75, 3.05) is 7.05 Å². The molecule has 1 nitrogen and oxygen atoms in total. The third-order valence-corrected chi connectivity index (χ3v) is 2.90. The highest BCUT2D eigenvalue weighted by atomic mass is 14.9. The average molecular weight is 205 g/mol. The fourth-order valence-electron chi connectivity index (χ4n) is 1.94. The molecule has 1 N–H and O–H groups in total. The van der Waals surface area contributed by atoms with E-state index < -0.39 is 0 Å². The normalized spacial score (nSPS) is 12.7.